The van der Waals surface area contributed by atoms with Crippen molar-refractivity contribution < 1.29 is 9.18 Å². The number of H-pyrrole nitrogens is 1. The number of halogens is 1. The molecular formula is C23H22FN5O2. The molecule has 2 N–H and O–H groups in total. The molecule has 1 aromatic carbocycles. The van der Waals surface area contributed by atoms with E-state index >= 15 is 0 Å². The fourth-order valence-corrected chi connectivity index (χ4v) is 3.81. The minimum Gasteiger partial charge on any atom is -0.349 e. The second-order valence-corrected chi connectivity index (χ2v) is 7.84. The molecule has 7 nitrogen and oxygen atoms in total. The number of amides is 1. The van der Waals surface area contributed by atoms with Gasteiger partial charge in [-0.2, -0.15) is 5.26 Å². The Labute approximate surface area is 178 Å². The fraction of sp³-hybridized carbons (Fsp3) is 0.304. The highest BCUT2D eigenvalue weighted by Gasteiger charge is 2.32. The first-order valence-electron chi connectivity index (χ1n) is 10.2. The third kappa shape index (κ3) is 4.56. The first-order chi connectivity index (χ1) is 15.0. The Balaban J connectivity index is 1.46. The Morgan fingerprint density at radius 2 is 1.94 bits per heavy atom. The van der Waals surface area contributed by atoms with Crippen LogP contribution in [-0.2, 0) is 0 Å². The fourth-order valence-electron chi connectivity index (χ4n) is 3.81. The van der Waals surface area contributed by atoms with E-state index < -0.39 is 5.67 Å². The molecule has 31 heavy (non-hydrogen) atoms. The Hall–Kier alpha value is -3.73. The van der Waals surface area contributed by atoms with Crippen LogP contribution in [0.25, 0.3) is 16.9 Å². The summed E-state index contributed by atoms with van der Waals surface area (Å²) < 4.78 is 16.1. The minimum atomic E-state index is -1.33. The number of nitrogens with zero attached hydrogens (tertiary/aromatic N) is 3. The van der Waals surface area contributed by atoms with Gasteiger partial charge in [0.15, 0.2) is 5.82 Å². The van der Waals surface area contributed by atoms with Crippen LogP contribution in [0.5, 0.6) is 0 Å². The van der Waals surface area contributed by atoms with Crippen molar-refractivity contribution in [1.82, 2.24) is 20.1 Å². The van der Waals surface area contributed by atoms with Gasteiger partial charge in [0.05, 0.1) is 29.3 Å². The molecule has 1 aliphatic rings. The second-order valence-electron chi connectivity index (χ2n) is 7.84. The van der Waals surface area contributed by atoms with Crippen LogP contribution in [0.2, 0.25) is 0 Å². The summed E-state index contributed by atoms with van der Waals surface area (Å²) in [4.78, 5) is 29.0. The highest BCUT2D eigenvalue weighted by Crippen LogP contribution is 2.31. The molecule has 0 saturated heterocycles. The summed E-state index contributed by atoms with van der Waals surface area (Å²) in [5, 5.41) is 14.3. The van der Waals surface area contributed by atoms with Crippen molar-refractivity contribution in [2.75, 3.05) is 6.54 Å². The molecule has 0 spiro atoms. The van der Waals surface area contributed by atoms with Gasteiger partial charge in [-0.3, -0.25) is 14.7 Å². The lowest BCUT2D eigenvalue weighted by Gasteiger charge is -2.29. The Morgan fingerprint density at radius 3 is 2.58 bits per heavy atom. The predicted octanol–water partition coefficient (Wildman–Crippen LogP) is 3.50. The number of aromatic nitrogens is 3. The zero-order chi connectivity index (χ0) is 21.8. The molecule has 1 amide bonds. The SMILES string of the molecule is N#Cc1ccc(-c2cn(-c3ccc(C(=O)NCC4(F)CCCCC4)cn3)[nH]c2=O)cc1. The van der Waals surface area contributed by atoms with Crippen molar-refractivity contribution in [3.63, 3.8) is 0 Å². The molecule has 8 heteroatoms. The number of nitriles is 1. The van der Waals surface area contributed by atoms with Gasteiger partial charge in [0.25, 0.3) is 11.5 Å². The molecule has 1 fully saturated rings. The van der Waals surface area contributed by atoms with E-state index in [1.54, 1.807) is 42.6 Å². The van der Waals surface area contributed by atoms with Crippen LogP contribution in [0.4, 0.5) is 4.39 Å². The Morgan fingerprint density at radius 1 is 1.19 bits per heavy atom. The van der Waals surface area contributed by atoms with Gasteiger partial charge >= 0.3 is 0 Å². The Bertz CT molecular complexity index is 1170. The van der Waals surface area contributed by atoms with E-state index in [9.17, 15) is 14.0 Å². The maximum atomic E-state index is 14.7. The molecule has 2 aromatic heterocycles. The van der Waals surface area contributed by atoms with E-state index in [-0.39, 0.29) is 18.0 Å². The van der Waals surface area contributed by atoms with Gasteiger partial charge in [-0.1, -0.05) is 31.4 Å². The second kappa shape index (κ2) is 8.56. The van der Waals surface area contributed by atoms with E-state index in [0.29, 0.717) is 40.9 Å². The molecule has 1 saturated carbocycles. The average Bonchev–Trinajstić information content (AvgIpc) is 3.20. The average molecular weight is 419 g/mol. The molecule has 0 radical (unpaired) electrons. The van der Waals surface area contributed by atoms with Crippen LogP contribution >= 0.6 is 0 Å². The van der Waals surface area contributed by atoms with E-state index in [1.165, 1.54) is 10.9 Å². The third-order valence-corrected chi connectivity index (χ3v) is 5.62. The molecule has 2 heterocycles. The van der Waals surface area contributed by atoms with E-state index in [1.807, 2.05) is 6.07 Å². The molecule has 4 rings (SSSR count). The van der Waals surface area contributed by atoms with Crippen molar-refractivity contribution in [3.8, 4) is 23.0 Å². The molecule has 0 aliphatic heterocycles. The van der Waals surface area contributed by atoms with Crippen LogP contribution in [0.1, 0.15) is 48.0 Å². The van der Waals surface area contributed by atoms with Crippen molar-refractivity contribution in [1.29, 1.82) is 5.26 Å². The van der Waals surface area contributed by atoms with E-state index in [4.69, 9.17) is 5.26 Å². The minimum absolute atomic E-state index is 0.00640. The number of carbonyl (C=O) groups excluding carboxylic acids is 1. The number of hydrogen-bond donors (Lipinski definition) is 2. The first kappa shape index (κ1) is 20.5. The summed E-state index contributed by atoms with van der Waals surface area (Å²) in [6, 6.07) is 11.9. The van der Waals surface area contributed by atoms with Crippen LogP contribution < -0.4 is 10.9 Å². The predicted molar refractivity (Wildman–Crippen MR) is 114 cm³/mol. The number of nitrogens with one attached hydrogen (secondary N) is 2. The smallest absolute Gasteiger partial charge is 0.272 e. The summed E-state index contributed by atoms with van der Waals surface area (Å²) in [5.41, 5.74) is 0.330. The molecule has 3 aromatic rings. The summed E-state index contributed by atoms with van der Waals surface area (Å²) in [7, 11) is 0. The van der Waals surface area contributed by atoms with Crippen molar-refractivity contribution in [3.05, 3.63) is 70.3 Å². The van der Waals surface area contributed by atoms with Crippen LogP contribution in [0.15, 0.2) is 53.6 Å². The zero-order valence-electron chi connectivity index (χ0n) is 16.9. The number of hydrogen-bond acceptors (Lipinski definition) is 4. The van der Waals surface area contributed by atoms with E-state index in [2.05, 4.69) is 15.4 Å². The van der Waals surface area contributed by atoms with Gasteiger partial charge in [0.1, 0.15) is 5.67 Å². The molecule has 0 bridgehead atoms. The highest BCUT2D eigenvalue weighted by atomic mass is 19.1. The van der Waals surface area contributed by atoms with Gasteiger partial charge in [-0.25, -0.2) is 14.1 Å². The number of rotatable bonds is 5. The quantitative estimate of drug-likeness (QED) is 0.660. The lowest BCUT2D eigenvalue weighted by molar-refractivity contribution is 0.0813. The lowest BCUT2D eigenvalue weighted by atomic mass is 9.86. The summed E-state index contributed by atoms with van der Waals surface area (Å²) in [6.07, 6.45) is 6.71. The van der Waals surface area contributed by atoms with E-state index in [0.717, 1.165) is 19.3 Å². The zero-order valence-corrected chi connectivity index (χ0v) is 16.9. The monoisotopic (exact) mass is 419 g/mol. The van der Waals surface area contributed by atoms with Gasteiger partial charge in [0.2, 0.25) is 0 Å². The topological polar surface area (TPSA) is 104 Å². The van der Waals surface area contributed by atoms with Crippen LogP contribution in [0.3, 0.4) is 0 Å². The Kier molecular flexibility index (Phi) is 5.67. The number of pyridine rings is 1. The summed E-state index contributed by atoms with van der Waals surface area (Å²) in [5.74, 6) is 0.0590. The summed E-state index contributed by atoms with van der Waals surface area (Å²) >= 11 is 0. The largest absolute Gasteiger partial charge is 0.349 e. The number of benzene rings is 1. The van der Waals surface area contributed by atoms with Crippen molar-refractivity contribution >= 4 is 5.91 Å². The maximum absolute atomic E-state index is 14.7. The van der Waals surface area contributed by atoms with Crippen LogP contribution in [0, 0.1) is 11.3 Å². The molecule has 1 aliphatic carbocycles. The summed E-state index contributed by atoms with van der Waals surface area (Å²) in [6.45, 7) is 0.00640. The maximum Gasteiger partial charge on any atom is 0.272 e. The highest BCUT2D eigenvalue weighted by molar-refractivity contribution is 5.94. The van der Waals surface area contributed by atoms with Gasteiger partial charge < -0.3 is 5.32 Å². The standard InChI is InChI=1S/C23H22FN5O2/c24-23(10-2-1-3-11-23)15-27-21(30)18-8-9-20(26-13-18)29-14-19(22(31)28-29)17-6-4-16(12-25)5-7-17/h4-9,13-14H,1-3,10-11,15H2,(H,27,30)(H,28,31). The first-order valence-corrected chi connectivity index (χ1v) is 10.2. The molecule has 0 unspecified atom stereocenters. The van der Waals surface area contributed by atoms with Crippen LogP contribution in [-0.4, -0.2) is 32.9 Å². The normalized spacial score (nSPS) is 15.2. The van der Waals surface area contributed by atoms with Gasteiger partial charge in [0, 0.05) is 12.4 Å². The van der Waals surface area contributed by atoms with Crippen molar-refractivity contribution in [2.45, 2.75) is 37.8 Å². The third-order valence-electron chi connectivity index (χ3n) is 5.62. The van der Waals surface area contributed by atoms with Gasteiger partial charge in [-0.15, -0.1) is 0 Å². The van der Waals surface area contributed by atoms with Crippen molar-refractivity contribution in [2.24, 2.45) is 0 Å². The molecule has 158 valence electrons. The number of alkyl halides is 1. The lowest BCUT2D eigenvalue weighted by Crippen LogP contribution is -2.41. The number of aromatic amines is 1. The number of carbonyl (C=O) groups is 1. The van der Waals surface area contributed by atoms with Gasteiger partial charge in [-0.05, 0) is 42.7 Å². The molecular weight excluding hydrogens is 397 g/mol. The molecule has 0 atom stereocenters.